The van der Waals surface area contributed by atoms with E-state index in [2.05, 4.69) is 23.1 Å². The lowest BCUT2D eigenvalue weighted by Crippen LogP contribution is -2.31. The highest BCUT2D eigenvalue weighted by Gasteiger charge is 2.29. The topological polar surface area (TPSA) is 55.3 Å². The maximum absolute atomic E-state index is 6.16. The van der Waals surface area contributed by atoms with E-state index in [4.69, 9.17) is 11.5 Å². The van der Waals surface area contributed by atoms with Gasteiger partial charge in [0.2, 0.25) is 0 Å². The molecule has 86 valence electrons. The fraction of sp³-hybridized carbons (Fsp3) is 0.0769. The third-order valence-electron chi connectivity index (χ3n) is 2.81. The number of para-hydroxylation sites is 1. The molecule has 1 atom stereocenters. The molecular weight excluding hydrogens is 230 g/mol. The third-order valence-corrected chi connectivity index (χ3v) is 3.94. The lowest BCUT2D eigenvalue weighted by atomic mass is 10.2. The second-order valence-corrected chi connectivity index (χ2v) is 5.04. The molecule has 0 aromatic heterocycles. The van der Waals surface area contributed by atoms with Crippen molar-refractivity contribution in [2.75, 3.05) is 10.6 Å². The summed E-state index contributed by atoms with van der Waals surface area (Å²) < 4.78 is 0. The zero-order valence-electron chi connectivity index (χ0n) is 9.21. The number of nitrogen functional groups attached to an aromatic ring is 1. The summed E-state index contributed by atoms with van der Waals surface area (Å²) in [5.41, 5.74) is 15.0. The number of nitrogens with zero attached hydrogens (tertiary/aromatic N) is 1. The van der Waals surface area contributed by atoms with Gasteiger partial charge < -0.3 is 16.4 Å². The molecule has 1 unspecified atom stereocenters. The van der Waals surface area contributed by atoms with Crippen molar-refractivity contribution in [3.63, 3.8) is 0 Å². The Morgan fingerprint density at radius 1 is 1.00 bits per heavy atom. The van der Waals surface area contributed by atoms with Gasteiger partial charge in [0.15, 0.2) is 0 Å². The number of hydrogen-bond acceptors (Lipinski definition) is 4. The van der Waals surface area contributed by atoms with Crippen LogP contribution < -0.4 is 16.4 Å². The van der Waals surface area contributed by atoms with Gasteiger partial charge in [-0.05, 0) is 24.3 Å². The van der Waals surface area contributed by atoms with Crippen LogP contribution in [0.4, 0.5) is 17.1 Å². The first-order valence-corrected chi connectivity index (χ1v) is 6.30. The van der Waals surface area contributed by atoms with Gasteiger partial charge in [0.1, 0.15) is 5.50 Å². The molecule has 2 aromatic carbocycles. The third kappa shape index (κ3) is 1.66. The number of nitrogens with two attached hydrogens (primary N) is 2. The Morgan fingerprint density at radius 3 is 2.53 bits per heavy atom. The average Bonchev–Trinajstić information content (AvgIpc) is 2.68. The van der Waals surface area contributed by atoms with Gasteiger partial charge in [-0.2, -0.15) is 0 Å². The van der Waals surface area contributed by atoms with Crippen molar-refractivity contribution in [3.8, 4) is 0 Å². The van der Waals surface area contributed by atoms with Crippen LogP contribution in [0.3, 0.4) is 0 Å². The predicted molar refractivity (Wildman–Crippen MR) is 73.3 cm³/mol. The van der Waals surface area contributed by atoms with Gasteiger partial charge in [0.05, 0.1) is 10.6 Å². The molecule has 17 heavy (non-hydrogen) atoms. The van der Waals surface area contributed by atoms with Crippen LogP contribution in [0.1, 0.15) is 0 Å². The van der Waals surface area contributed by atoms with Crippen molar-refractivity contribution in [2.24, 2.45) is 5.73 Å². The molecule has 3 rings (SSSR count). The minimum absolute atomic E-state index is 0.114. The van der Waals surface area contributed by atoms with Gasteiger partial charge in [-0.15, -0.1) is 0 Å². The second-order valence-electron chi connectivity index (χ2n) is 3.91. The summed E-state index contributed by atoms with van der Waals surface area (Å²) in [5.74, 6) is 0. The zero-order valence-corrected chi connectivity index (χ0v) is 10.0. The summed E-state index contributed by atoms with van der Waals surface area (Å²) in [5, 5.41) is 0. The number of benzene rings is 2. The number of rotatable bonds is 1. The molecule has 3 nitrogen and oxygen atoms in total. The SMILES string of the molecule is Nc1cccc2c1SC(N)N2c1ccccc1. The number of hydrogen-bond donors (Lipinski definition) is 2. The van der Waals surface area contributed by atoms with E-state index < -0.39 is 0 Å². The summed E-state index contributed by atoms with van der Waals surface area (Å²) in [6.07, 6.45) is 0. The quantitative estimate of drug-likeness (QED) is 0.756. The Labute approximate surface area is 104 Å². The van der Waals surface area contributed by atoms with E-state index in [1.165, 1.54) is 0 Å². The predicted octanol–water partition coefficient (Wildman–Crippen LogP) is 2.75. The highest BCUT2D eigenvalue weighted by Crippen LogP contribution is 2.47. The molecular formula is C13H13N3S. The van der Waals surface area contributed by atoms with Gasteiger partial charge in [-0.3, -0.25) is 0 Å². The Balaban J connectivity index is 2.12. The van der Waals surface area contributed by atoms with Crippen LogP contribution in [0, 0.1) is 0 Å². The van der Waals surface area contributed by atoms with Crippen LogP contribution in [0.25, 0.3) is 0 Å². The van der Waals surface area contributed by atoms with E-state index >= 15 is 0 Å². The molecule has 0 spiro atoms. The Kier molecular flexibility index (Phi) is 2.46. The molecule has 0 amide bonds. The summed E-state index contributed by atoms with van der Waals surface area (Å²) >= 11 is 1.60. The first kappa shape index (κ1) is 10.5. The van der Waals surface area contributed by atoms with Crippen LogP contribution >= 0.6 is 11.8 Å². The second kappa shape index (κ2) is 3.98. The van der Waals surface area contributed by atoms with E-state index in [1.54, 1.807) is 11.8 Å². The summed E-state index contributed by atoms with van der Waals surface area (Å²) in [7, 11) is 0. The first-order chi connectivity index (χ1) is 8.27. The molecule has 4 heteroatoms. The Bertz CT molecular complexity index is 542. The summed E-state index contributed by atoms with van der Waals surface area (Å²) in [6.45, 7) is 0. The van der Waals surface area contributed by atoms with Crippen molar-refractivity contribution in [2.45, 2.75) is 10.4 Å². The molecule has 4 N–H and O–H groups in total. The number of fused-ring (bicyclic) bond motifs is 1. The monoisotopic (exact) mass is 243 g/mol. The smallest absolute Gasteiger partial charge is 0.134 e. The minimum Gasteiger partial charge on any atom is -0.398 e. The normalized spacial score (nSPS) is 18.2. The molecule has 0 bridgehead atoms. The molecule has 1 heterocycles. The fourth-order valence-corrected chi connectivity index (χ4v) is 3.12. The fourth-order valence-electron chi connectivity index (χ4n) is 2.05. The van der Waals surface area contributed by atoms with Gasteiger partial charge in [0, 0.05) is 11.4 Å². The van der Waals surface area contributed by atoms with Crippen molar-refractivity contribution in [1.82, 2.24) is 0 Å². The number of thioether (sulfide) groups is 1. The average molecular weight is 243 g/mol. The van der Waals surface area contributed by atoms with Crippen molar-refractivity contribution in [3.05, 3.63) is 48.5 Å². The molecule has 0 saturated carbocycles. The maximum Gasteiger partial charge on any atom is 0.134 e. The van der Waals surface area contributed by atoms with Crippen molar-refractivity contribution >= 4 is 28.8 Å². The highest BCUT2D eigenvalue weighted by atomic mass is 32.2. The van der Waals surface area contributed by atoms with Crippen LogP contribution in [0.15, 0.2) is 53.4 Å². The molecule has 0 saturated heterocycles. The molecule has 1 aliphatic heterocycles. The van der Waals surface area contributed by atoms with E-state index in [0.717, 1.165) is 22.0 Å². The van der Waals surface area contributed by atoms with E-state index in [-0.39, 0.29) is 5.50 Å². The standard InChI is InChI=1S/C13H13N3S/c14-10-7-4-8-11-12(10)17-13(15)16(11)9-5-2-1-3-6-9/h1-8,13H,14-15H2. The van der Waals surface area contributed by atoms with Crippen LogP contribution in [-0.2, 0) is 0 Å². The Hall–Kier alpha value is -1.65. The lowest BCUT2D eigenvalue weighted by molar-refractivity contribution is 0.933. The summed E-state index contributed by atoms with van der Waals surface area (Å²) in [6, 6.07) is 16.1. The van der Waals surface area contributed by atoms with Gasteiger partial charge in [-0.25, -0.2) is 0 Å². The zero-order chi connectivity index (χ0) is 11.8. The van der Waals surface area contributed by atoms with Crippen LogP contribution in [0.5, 0.6) is 0 Å². The van der Waals surface area contributed by atoms with E-state index in [9.17, 15) is 0 Å². The lowest BCUT2D eigenvalue weighted by Gasteiger charge is -2.23. The van der Waals surface area contributed by atoms with Crippen molar-refractivity contribution in [1.29, 1.82) is 0 Å². The van der Waals surface area contributed by atoms with Gasteiger partial charge in [-0.1, -0.05) is 36.0 Å². The van der Waals surface area contributed by atoms with Gasteiger partial charge in [0.25, 0.3) is 0 Å². The molecule has 2 aromatic rings. The van der Waals surface area contributed by atoms with E-state index in [1.807, 2.05) is 30.3 Å². The largest absolute Gasteiger partial charge is 0.398 e. The van der Waals surface area contributed by atoms with Crippen molar-refractivity contribution < 1.29 is 0 Å². The first-order valence-electron chi connectivity index (χ1n) is 5.42. The van der Waals surface area contributed by atoms with E-state index in [0.29, 0.717) is 0 Å². The maximum atomic E-state index is 6.16. The number of anilines is 3. The molecule has 0 fully saturated rings. The Morgan fingerprint density at radius 2 is 1.76 bits per heavy atom. The van der Waals surface area contributed by atoms with Gasteiger partial charge >= 0.3 is 0 Å². The molecule has 0 radical (unpaired) electrons. The highest BCUT2D eigenvalue weighted by molar-refractivity contribution is 8.00. The summed E-state index contributed by atoms with van der Waals surface area (Å²) in [4.78, 5) is 3.18. The molecule has 1 aliphatic rings. The minimum atomic E-state index is -0.114. The molecule has 0 aliphatic carbocycles. The van der Waals surface area contributed by atoms with Crippen LogP contribution in [0.2, 0.25) is 0 Å². The van der Waals surface area contributed by atoms with Crippen LogP contribution in [-0.4, -0.2) is 5.50 Å².